The van der Waals surface area contributed by atoms with Gasteiger partial charge in [0.15, 0.2) is 11.2 Å². The fraction of sp³-hybridized carbons (Fsp3) is 0.0303. The standard InChI is InChI=1S/C66H48N2O2/c1-46(47-40-43-55(44-41-47)68(53-24-6-3-7-25-53)62-33-17-31-60-58-29-11-13-35-64(58)70-66(60)62)18-14-21-50-19-8-9-27-56(50)51-38-36-49(37-39-51)48-20-15-26-54(45-42-48)67(52-22-4-2-5-23-52)61-32-16-30-59-57-28-10-12-34-63(57)69-65(59)61/h2-19,21-45H,20H2,1H3/b21-14+,46-18+. The number of fused-ring (bicyclic) bond motifs is 6. The lowest BCUT2D eigenvalue weighted by atomic mass is 9.95. The van der Waals surface area contributed by atoms with E-state index < -0.39 is 0 Å². The van der Waals surface area contributed by atoms with Gasteiger partial charge in [0.1, 0.15) is 11.2 Å². The van der Waals surface area contributed by atoms with Gasteiger partial charge in [0.05, 0.1) is 11.4 Å². The Morgan fingerprint density at radius 2 is 0.986 bits per heavy atom. The summed E-state index contributed by atoms with van der Waals surface area (Å²) in [6.07, 6.45) is 16.4. The van der Waals surface area contributed by atoms with Gasteiger partial charge in [-0.1, -0.05) is 188 Å². The van der Waals surface area contributed by atoms with Crippen LogP contribution in [0.4, 0.5) is 28.4 Å². The molecule has 11 aromatic rings. The van der Waals surface area contributed by atoms with E-state index in [-0.39, 0.29) is 0 Å². The Labute approximate surface area is 408 Å². The Kier molecular flexibility index (Phi) is 11.2. The van der Waals surface area contributed by atoms with Crippen molar-refractivity contribution in [1.82, 2.24) is 0 Å². The summed E-state index contributed by atoms with van der Waals surface area (Å²) < 4.78 is 13.0. The van der Waals surface area contributed by atoms with Gasteiger partial charge in [-0.05, 0) is 125 Å². The average molecular weight is 901 g/mol. The lowest BCUT2D eigenvalue weighted by Gasteiger charge is -2.26. The summed E-state index contributed by atoms with van der Waals surface area (Å²) in [5.74, 6) is 0. The van der Waals surface area contributed by atoms with Crippen LogP contribution in [0.3, 0.4) is 0 Å². The number of rotatable bonds is 11. The second-order valence-corrected chi connectivity index (χ2v) is 17.7. The Hall–Kier alpha value is -9.12. The van der Waals surface area contributed by atoms with Crippen molar-refractivity contribution in [3.05, 3.63) is 277 Å². The predicted molar refractivity (Wildman–Crippen MR) is 295 cm³/mol. The van der Waals surface area contributed by atoms with Crippen molar-refractivity contribution < 1.29 is 8.83 Å². The maximum atomic E-state index is 6.54. The molecule has 1 aliphatic rings. The molecule has 0 bridgehead atoms. The first-order valence-electron chi connectivity index (χ1n) is 23.9. The molecule has 0 unspecified atom stereocenters. The van der Waals surface area contributed by atoms with Crippen molar-refractivity contribution in [1.29, 1.82) is 0 Å². The summed E-state index contributed by atoms with van der Waals surface area (Å²) >= 11 is 0. The molecule has 334 valence electrons. The van der Waals surface area contributed by atoms with Crippen LogP contribution in [0.25, 0.3) is 72.2 Å². The molecule has 0 radical (unpaired) electrons. The smallest absolute Gasteiger partial charge is 0.159 e. The summed E-state index contributed by atoms with van der Waals surface area (Å²) in [4.78, 5) is 4.58. The number of allylic oxidation sites excluding steroid dienone is 8. The fourth-order valence-corrected chi connectivity index (χ4v) is 9.84. The zero-order valence-electron chi connectivity index (χ0n) is 38.7. The van der Waals surface area contributed by atoms with Crippen molar-refractivity contribution >= 4 is 89.5 Å². The van der Waals surface area contributed by atoms with Crippen molar-refractivity contribution in [2.24, 2.45) is 0 Å². The number of para-hydroxylation sites is 6. The van der Waals surface area contributed by atoms with Gasteiger partial charge in [-0.25, -0.2) is 0 Å². The monoisotopic (exact) mass is 900 g/mol. The molecule has 70 heavy (non-hydrogen) atoms. The molecule has 0 spiro atoms. The van der Waals surface area contributed by atoms with Gasteiger partial charge in [0.25, 0.3) is 0 Å². The second-order valence-electron chi connectivity index (χ2n) is 17.7. The molecule has 2 heterocycles. The predicted octanol–water partition coefficient (Wildman–Crippen LogP) is 18.8. The van der Waals surface area contributed by atoms with E-state index in [1.807, 2.05) is 24.3 Å². The molecule has 9 aromatic carbocycles. The van der Waals surface area contributed by atoms with Crippen molar-refractivity contribution in [3.63, 3.8) is 0 Å². The third-order valence-electron chi connectivity index (χ3n) is 13.3. The van der Waals surface area contributed by atoms with Crippen molar-refractivity contribution in [2.75, 3.05) is 9.80 Å². The van der Waals surface area contributed by atoms with E-state index in [2.05, 4.69) is 253 Å². The number of benzene rings is 9. The molecule has 0 aliphatic heterocycles. The summed E-state index contributed by atoms with van der Waals surface area (Å²) in [7, 11) is 0. The van der Waals surface area contributed by atoms with Crippen LogP contribution in [0.5, 0.6) is 0 Å². The molecule has 0 saturated heterocycles. The third-order valence-corrected chi connectivity index (χ3v) is 13.3. The topological polar surface area (TPSA) is 32.8 Å². The molecule has 0 N–H and O–H groups in total. The molecular weight excluding hydrogens is 853 g/mol. The Bertz CT molecular complexity index is 3850. The van der Waals surface area contributed by atoms with Gasteiger partial charge in [-0.3, -0.25) is 0 Å². The molecule has 1 aliphatic carbocycles. The van der Waals surface area contributed by atoms with Crippen molar-refractivity contribution in [3.8, 4) is 11.1 Å². The first-order valence-corrected chi connectivity index (χ1v) is 23.9. The van der Waals surface area contributed by atoms with E-state index in [1.165, 1.54) is 27.8 Å². The highest BCUT2D eigenvalue weighted by Crippen LogP contribution is 2.43. The van der Waals surface area contributed by atoms with E-state index >= 15 is 0 Å². The van der Waals surface area contributed by atoms with Crippen LogP contribution in [0.15, 0.2) is 269 Å². The quantitative estimate of drug-likeness (QED) is 0.121. The van der Waals surface area contributed by atoms with E-state index in [0.29, 0.717) is 0 Å². The number of hydrogen-bond donors (Lipinski definition) is 0. The fourth-order valence-electron chi connectivity index (χ4n) is 9.84. The van der Waals surface area contributed by atoms with Crippen molar-refractivity contribution in [2.45, 2.75) is 13.3 Å². The highest BCUT2D eigenvalue weighted by Gasteiger charge is 2.21. The van der Waals surface area contributed by atoms with Gasteiger partial charge in [-0.2, -0.15) is 0 Å². The lowest BCUT2D eigenvalue weighted by molar-refractivity contribution is 0.668. The molecule has 0 atom stereocenters. The largest absolute Gasteiger partial charge is 0.454 e. The Morgan fingerprint density at radius 1 is 0.457 bits per heavy atom. The SMILES string of the molecule is C/C(=C\C=C\c1ccccc1-c1ccc(C2=CC=C(N(c3ccccc3)c3cccc4c3oc3ccccc34)C=CC2)cc1)c1ccc(N(c2ccccc2)c2cccc3c2oc2ccccc23)cc1. The van der Waals surface area contributed by atoms with Gasteiger partial charge in [-0.15, -0.1) is 0 Å². The molecule has 12 rings (SSSR count). The molecule has 0 amide bonds. The van der Waals surface area contributed by atoms with E-state index in [1.54, 1.807) is 0 Å². The maximum Gasteiger partial charge on any atom is 0.159 e. The summed E-state index contributed by atoms with van der Waals surface area (Å²) in [5.41, 5.74) is 18.1. The lowest BCUT2D eigenvalue weighted by Crippen LogP contribution is -2.15. The zero-order chi connectivity index (χ0) is 46.8. The summed E-state index contributed by atoms with van der Waals surface area (Å²) in [6, 6.07) is 76.8. The molecule has 4 nitrogen and oxygen atoms in total. The molecule has 0 saturated carbocycles. The Morgan fingerprint density at radius 3 is 1.64 bits per heavy atom. The van der Waals surface area contributed by atoms with Crippen LogP contribution in [-0.4, -0.2) is 0 Å². The van der Waals surface area contributed by atoms with Gasteiger partial charge in [0.2, 0.25) is 0 Å². The van der Waals surface area contributed by atoms with Gasteiger partial charge in [0, 0.05) is 44.3 Å². The first kappa shape index (κ1) is 42.2. The zero-order valence-corrected chi connectivity index (χ0v) is 38.7. The van der Waals surface area contributed by atoms with Crippen LogP contribution < -0.4 is 9.80 Å². The molecule has 2 aromatic heterocycles. The minimum atomic E-state index is 0.814. The second kappa shape index (κ2) is 18.5. The van der Waals surface area contributed by atoms with Crippen LogP contribution >= 0.6 is 0 Å². The normalized spacial score (nSPS) is 13.0. The van der Waals surface area contributed by atoms with Gasteiger partial charge >= 0.3 is 0 Å². The minimum Gasteiger partial charge on any atom is -0.454 e. The Balaban J connectivity index is 0.788. The minimum absolute atomic E-state index is 0.814. The maximum absolute atomic E-state index is 6.54. The van der Waals surface area contributed by atoms with E-state index in [4.69, 9.17) is 8.83 Å². The molecular formula is C66H48N2O2. The van der Waals surface area contributed by atoms with E-state index in [0.717, 1.165) is 95.6 Å². The first-order chi connectivity index (χ1) is 34.6. The third kappa shape index (κ3) is 8.01. The van der Waals surface area contributed by atoms with Crippen LogP contribution in [0.2, 0.25) is 0 Å². The number of furan rings is 2. The van der Waals surface area contributed by atoms with Crippen LogP contribution in [-0.2, 0) is 0 Å². The molecule has 4 heteroatoms. The number of nitrogens with zero attached hydrogens (tertiary/aromatic N) is 2. The number of hydrogen-bond acceptors (Lipinski definition) is 4. The highest BCUT2D eigenvalue weighted by molar-refractivity contribution is 6.11. The number of anilines is 5. The molecule has 0 fully saturated rings. The summed E-state index contributed by atoms with van der Waals surface area (Å²) in [5, 5.41) is 4.45. The summed E-state index contributed by atoms with van der Waals surface area (Å²) in [6.45, 7) is 2.17. The van der Waals surface area contributed by atoms with Crippen LogP contribution in [0, 0.1) is 0 Å². The highest BCUT2D eigenvalue weighted by atomic mass is 16.3. The average Bonchev–Trinajstić information content (AvgIpc) is 3.90. The van der Waals surface area contributed by atoms with E-state index in [9.17, 15) is 0 Å². The van der Waals surface area contributed by atoms with Crippen LogP contribution in [0.1, 0.15) is 30.0 Å². The van der Waals surface area contributed by atoms with Gasteiger partial charge < -0.3 is 18.6 Å².